The monoisotopic (exact) mass is 231 g/mol. The molecule has 0 spiro atoms. The molecule has 0 aromatic heterocycles. The highest BCUT2D eigenvalue weighted by Crippen LogP contribution is 2.19. The fraction of sp³-hybridized carbons (Fsp3) is 0.909. The second-order valence-electron chi connectivity index (χ2n) is 4.84. The van der Waals surface area contributed by atoms with E-state index in [1.165, 1.54) is 14.0 Å². The standard InChI is InChI=1S/C11H21NO4/c1-10(5-4-6-16-8-10)12-7-11(2,14)9(13)15-3/h12,14H,4-8H2,1-3H3. The second kappa shape index (κ2) is 5.12. The summed E-state index contributed by atoms with van der Waals surface area (Å²) in [4.78, 5) is 11.3. The van der Waals surface area contributed by atoms with Crippen LogP contribution < -0.4 is 5.32 Å². The molecule has 0 bridgehead atoms. The quantitative estimate of drug-likeness (QED) is 0.670. The molecule has 16 heavy (non-hydrogen) atoms. The molecule has 0 amide bonds. The summed E-state index contributed by atoms with van der Waals surface area (Å²) < 4.78 is 9.90. The molecule has 1 rings (SSSR count). The molecular formula is C11H21NO4. The van der Waals surface area contributed by atoms with Gasteiger partial charge >= 0.3 is 5.97 Å². The molecule has 0 radical (unpaired) electrons. The summed E-state index contributed by atoms with van der Waals surface area (Å²) in [5.74, 6) is -0.625. The molecule has 1 heterocycles. The third-order valence-corrected chi connectivity index (χ3v) is 2.92. The van der Waals surface area contributed by atoms with E-state index in [0.717, 1.165) is 19.4 Å². The van der Waals surface area contributed by atoms with Crippen LogP contribution >= 0.6 is 0 Å². The van der Waals surface area contributed by atoms with Crippen LogP contribution in [0.25, 0.3) is 0 Å². The van der Waals surface area contributed by atoms with E-state index in [1.807, 2.05) is 6.92 Å². The van der Waals surface area contributed by atoms with E-state index in [2.05, 4.69) is 10.1 Å². The van der Waals surface area contributed by atoms with Gasteiger partial charge in [0.05, 0.1) is 13.7 Å². The van der Waals surface area contributed by atoms with E-state index in [4.69, 9.17) is 4.74 Å². The minimum atomic E-state index is -1.49. The minimum Gasteiger partial charge on any atom is -0.467 e. The summed E-state index contributed by atoms with van der Waals surface area (Å²) in [7, 11) is 1.27. The largest absolute Gasteiger partial charge is 0.467 e. The number of aliphatic hydroxyl groups is 1. The van der Waals surface area contributed by atoms with Crippen molar-refractivity contribution < 1.29 is 19.4 Å². The number of carbonyl (C=O) groups excluding carboxylic acids is 1. The molecule has 0 aromatic carbocycles. The first-order chi connectivity index (χ1) is 7.40. The number of rotatable bonds is 4. The molecule has 0 saturated carbocycles. The maximum absolute atomic E-state index is 11.3. The van der Waals surface area contributed by atoms with Crippen LogP contribution in [0.4, 0.5) is 0 Å². The Bertz CT molecular complexity index is 246. The van der Waals surface area contributed by atoms with Crippen molar-refractivity contribution in [3.63, 3.8) is 0 Å². The van der Waals surface area contributed by atoms with Crippen LogP contribution in [0, 0.1) is 0 Å². The van der Waals surface area contributed by atoms with Crippen LogP contribution in [-0.4, -0.2) is 49.1 Å². The van der Waals surface area contributed by atoms with Crippen molar-refractivity contribution in [2.24, 2.45) is 0 Å². The van der Waals surface area contributed by atoms with Crippen LogP contribution in [-0.2, 0) is 14.3 Å². The van der Waals surface area contributed by atoms with Crippen LogP contribution in [0.15, 0.2) is 0 Å². The van der Waals surface area contributed by atoms with E-state index in [1.54, 1.807) is 0 Å². The van der Waals surface area contributed by atoms with Crippen molar-refractivity contribution in [3.8, 4) is 0 Å². The van der Waals surface area contributed by atoms with Crippen molar-refractivity contribution >= 4 is 5.97 Å². The van der Waals surface area contributed by atoms with Gasteiger partial charge in [-0.2, -0.15) is 0 Å². The first kappa shape index (κ1) is 13.4. The van der Waals surface area contributed by atoms with Crippen molar-refractivity contribution in [2.75, 3.05) is 26.9 Å². The summed E-state index contributed by atoms with van der Waals surface area (Å²) in [6.07, 6.45) is 1.97. The van der Waals surface area contributed by atoms with Crippen LogP contribution in [0.2, 0.25) is 0 Å². The average Bonchev–Trinajstić information content (AvgIpc) is 2.27. The number of carbonyl (C=O) groups is 1. The fourth-order valence-electron chi connectivity index (χ4n) is 1.75. The Balaban J connectivity index is 2.46. The zero-order valence-corrected chi connectivity index (χ0v) is 10.2. The molecule has 2 N–H and O–H groups in total. The Labute approximate surface area is 96.1 Å². The number of methoxy groups -OCH3 is 1. The van der Waals surface area contributed by atoms with Gasteiger partial charge in [0.1, 0.15) is 0 Å². The fourth-order valence-corrected chi connectivity index (χ4v) is 1.75. The molecule has 1 aliphatic heterocycles. The third kappa shape index (κ3) is 3.43. The summed E-state index contributed by atoms with van der Waals surface area (Å²) in [6, 6.07) is 0. The van der Waals surface area contributed by atoms with Crippen LogP contribution in [0.1, 0.15) is 26.7 Å². The summed E-state index contributed by atoms with van der Waals surface area (Å²) in [5, 5.41) is 13.0. The Morgan fingerprint density at radius 1 is 1.69 bits per heavy atom. The molecule has 94 valence electrons. The SMILES string of the molecule is COC(=O)C(C)(O)CNC1(C)CCCOC1. The Kier molecular flexibility index (Phi) is 4.29. The maximum atomic E-state index is 11.3. The molecule has 5 nitrogen and oxygen atoms in total. The average molecular weight is 231 g/mol. The lowest BCUT2D eigenvalue weighted by molar-refractivity contribution is -0.160. The highest BCUT2D eigenvalue weighted by atomic mass is 16.5. The van der Waals surface area contributed by atoms with Crippen LogP contribution in [0.3, 0.4) is 0 Å². The maximum Gasteiger partial charge on any atom is 0.338 e. The molecule has 1 fully saturated rings. The van der Waals surface area contributed by atoms with Crippen molar-refractivity contribution in [2.45, 2.75) is 37.8 Å². The highest BCUT2D eigenvalue weighted by molar-refractivity contribution is 5.78. The Hall–Kier alpha value is -0.650. The van der Waals surface area contributed by atoms with Gasteiger partial charge in [-0.25, -0.2) is 4.79 Å². The van der Waals surface area contributed by atoms with Crippen molar-refractivity contribution in [3.05, 3.63) is 0 Å². The van der Waals surface area contributed by atoms with E-state index in [9.17, 15) is 9.90 Å². The molecule has 1 saturated heterocycles. The number of ether oxygens (including phenoxy) is 2. The molecule has 0 aliphatic carbocycles. The van der Waals surface area contributed by atoms with E-state index >= 15 is 0 Å². The molecule has 0 aromatic rings. The summed E-state index contributed by atoms with van der Waals surface area (Å²) in [5.41, 5.74) is -1.66. The minimum absolute atomic E-state index is 0.166. The summed E-state index contributed by atoms with van der Waals surface area (Å²) in [6.45, 7) is 5.02. The molecular weight excluding hydrogens is 210 g/mol. The highest BCUT2D eigenvalue weighted by Gasteiger charge is 2.35. The number of β-amino-alcohol motifs (C(OH)–C–C–N with tert-alkyl or cyclic N) is 1. The van der Waals surface area contributed by atoms with E-state index in [0.29, 0.717) is 6.61 Å². The van der Waals surface area contributed by atoms with Gasteiger partial charge in [0.2, 0.25) is 0 Å². The number of hydrogen-bond acceptors (Lipinski definition) is 5. The van der Waals surface area contributed by atoms with Gasteiger partial charge in [-0.05, 0) is 26.7 Å². The topological polar surface area (TPSA) is 67.8 Å². The van der Waals surface area contributed by atoms with E-state index < -0.39 is 11.6 Å². The van der Waals surface area contributed by atoms with Crippen molar-refractivity contribution in [1.82, 2.24) is 5.32 Å². The second-order valence-corrected chi connectivity index (χ2v) is 4.84. The van der Waals surface area contributed by atoms with Crippen LogP contribution in [0.5, 0.6) is 0 Å². The zero-order valence-electron chi connectivity index (χ0n) is 10.2. The lowest BCUT2D eigenvalue weighted by atomic mass is 9.93. The van der Waals surface area contributed by atoms with Gasteiger partial charge in [-0.15, -0.1) is 0 Å². The zero-order chi connectivity index (χ0) is 12.2. The summed E-state index contributed by atoms with van der Waals surface area (Å²) >= 11 is 0. The third-order valence-electron chi connectivity index (χ3n) is 2.92. The lowest BCUT2D eigenvalue weighted by Gasteiger charge is -2.36. The van der Waals surface area contributed by atoms with Gasteiger partial charge in [0.25, 0.3) is 0 Å². The van der Waals surface area contributed by atoms with Gasteiger partial charge in [-0.1, -0.05) is 0 Å². The normalized spacial score (nSPS) is 29.5. The Morgan fingerprint density at radius 3 is 2.88 bits per heavy atom. The lowest BCUT2D eigenvalue weighted by Crippen LogP contribution is -2.56. The predicted octanol–water partition coefficient (Wildman–Crippen LogP) is 0.0691. The molecule has 2 unspecified atom stereocenters. The smallest absolute Gasteiger partial charge is 0.338 e. The van der Waals surface area contributed by atoms with Gasteiger partial charge < -0.3 is 19.9 Å². The van der Waals surface area contributed by atoms with Crippen molar-refractivity contribution in [1.29, 1.82) is 0 Å². The first-order valence-corrected chi connectivity index (χ1v) is 5.53. The van der Waals surface area contributed by atoms with Gasteiger partial charge in [-0.3, -0.25) is 0 Å². The first-order valence-electron chi connectivity index (χ1n) is 5.53. The van der Waals surface area contributed by atoms with Gasteiger partial charge in [0, 0.05) is 18.7 Å². The molecule has 5 heteroatoms. The number of nitrogens with one attached hydrogen (secondary N) is 1. The van der Waals surface area contributed by atoms with Gasteiger partial charge in [0.15, 0.2) is 5.60 Å². The Morgan fingerprint density at radius 2 is 2.38 bits per heavy atom. The van der Waals surface area contributed by atoms with E-state index in [-0.39, 0.29) is 12.1 Å². The molecule has 1 aliphatic rings. The number of hydrogen-bond donors (Lipinski definition) is 2. The molecule has 2 atom stereocenters. The number of esters is 1. The predicted molar refractivity (Wildman–Crippen MR) is 59.1 cm³/mol.